The summed E-state index contributed by atoms with van der Waals surface area (Å²) in [6.45, 7) is 2.94. The molecule has 36 heavy (non-hydrogen) atoms. The minimum Gasteiger partial charge on any atom is -0.493 e. The number of halogens is 1. The summed E-state index contributed by atoms with van der Waals surface area (Å²) in [5.41, 5.74) is 2.68. The minimum atomic E-state index is -0.599. The van der Waals surface area contributed by atoms with E-state index in [1.165, 1.54) is 12.1 Å². The van der Waals surface area contributed by atoms with Crippen LogP contribution in [0.25, 0.3) is 17.0 Å². The van der Waals surface area contributed by atoms with E-state index in [-0.39, 0.29) is 23.8 Å². The molecule has 5 rings (SSSR count). The fourth-order valence-electron chi connectivity index (χ4n) is 4.60. The lowest BCUT2D eigenvalue weighted by Gasteiger charge is -2.36. The van der Waals surface area contributed by atoms with Gasteiger partial charge in [0.25, 0.3) is 5.89 Å². The average Bonchev–Trinajstić information content (AvgIpc) is 3.59. The van der Waals surface area contributed by atoms with Crippen LogP contribution in [-0.4, -0.2) is 54.5 Å². The molecule has 0 spiro atoms. The lowest BCUT2D eigenvalue weighted by molar-refractivity contribution is 0.0877. The number of allylic oxidation sites excluding steroid dienone is 1. The lowest BCUT2D eigenvalue weighted by Crippen LogP contribution is -2.48. The van der Waals surface area contributed by atoms with Crippen molar-refractivity contribution in [3.8, 4) is 22.9 Å². The molecule has 2 aliphatic rings. The van der Waals surface area contributed by atoms with Gasteiger partial charge in [0.15, 0.2) is 11.5 Å². The van der Waals surface area contributed by atoms with Gasteiger partial charge in [0.05, 0.1) is 38.5 Å². The summed E-state index contributed by atoms with van der Waals surface area (Å²) >= 11 is 0. The van der Waals surface area contributed by atoms with Crippen LogP contribution in [0.3, 0.4) is 0 Å². The van der Waals surface area contributed by atoms with Gasteiger partial charge in [-0.2, -0.15) is 4.98 Å². The lowest BCUT2D eigenvalue weighted by atomic mass is 9.94. The van der Waals surface area contributed by atoms with E-state index < -0.39 is 6.04 Å². The molecule has 2 atom stereocenters. The molecule has 0 aliphatic carbocycles. The van der Waals surface area contributed by atoms with Crippen molar-refractivity contribution in [3.63, 3.8) is 0 Å². The maximum Gasteiger partial charge on any atom is 0.322 e. The van der Waals surface area contributed by atoms with Crippen molar-refractivity contribution >= 4 is 11.6 Å². The maximum atomic E-state index is 13.6. The Morgan fingerprint density at radius 2 is 1.92 bits per heavy atom. The number of hydrogen-bond donors (Lipinski definition) is 1. The molecule has 0 radical (unpaired) electrons. The molecular weight excluding hydrogens is 467 g/mol. The van der Waals surface area contributed by atoms with Crippen LogP contribution in [0.1, 0.15) is 37.3 Å². The zero-order valence-corrected chi connectivity index (χ0v) is 20.3. The number of rotatable bonds is 7. The zero-order chi connectivity index (χ0) is 25.2. The predicted molar refractivity (Wildman–Crippen MR) is 129 cm³/mol. The molecule has 2 aromatic carbocycles. The van der Waals surface area contributed by atoms with E-state index in [0.29, 0.717) is 52.9 Å². The first-order valence-corrected chi connectivity index (χ1v) is 11.7. The number of methoxy groups -OCH3 is 2. The SMILES string of the molecule is COc1ccc(-c2noc(C3=C(C)N(CC4CCCO4)C(=O)NC3c3ccc(F)cc3)n2)cc1OC. The van der Waals surface area contributed by atoms with Crippen LogP contribution in [-0.2, 0) is 4.74 Å². The molecule has 3 aromatic rings. The first-order chi connectivity index (χ1) is 17.5. The zero-order valence-electron chi connectivity index (χ0n) is 20.3. The number of amides is 2. The topological polar surface area (TPSA) is 99.0 Å². The number of benzene rings is 2. The Hall–Kier alpha value is -3.92. The molecule has 0 bridgehead atoms. The highest BCUT2D eigenvalue weighted by molar-refractivity contribution is 5.87. The van der Waals surface area contributed by atoms with E-state index in [2.05, 4.69) is 15.5 Å². The number of urea groups is 1. The molecule has 2 aliphatic heterocycles. The van der Waals surface area contributed by atoms with Gasteiger partial charge >= 0.3 is 6.03 Å². The van der Waals surface area contributed by atoms with Gasteiger partial charge in [-0.15, -0.1) is 0 Å². The van der Waals surface area contributed by atoms with Gasteiger partial charge in [0.1, 0.15) is 5.82 Å². The molecular formula is C26H27FN4O5. The highest BCUT2D eigenvalue weighted by atomic mass is 19.1. The standard InChI is InChI=1S/C26H27FN4O5/c1-15-22(25-29-24(30-36-25)17-8-11-20(33-2)21(13-17)34-3)23(16-6-9-18(27)10-7-16)28-26(32)31(15)14-19-5-4-12-35-19/h6-11,13,19,23H,4-5,12,14H2,1-3H3,(H,28,32). The van der Waals surface area contributed by atoms with E-state index in [4.69, 9.17) is 18.7 Å². The molecule has 2 unspecified atom stereocenters. The summed E-state index contributed by atoms with van der Waals surface area (Å²) in [5, 5.41) is 7.21. The Kier molecular flexibility index (Phi) is 6.60. The number of carbonyl (C=O) groups is 1. The van der Waals surface area contributed by atoms with Crippen molar-refractivity contribution in [2.24, 2.45) is 0 Å². The van der Waals surface area contributed by atoms with E-state index in [1.54, 1.807) is 49.5 Å². The van der Waals surface area contributed by atoms with Crippen molar-refractivity contribution in [1.29, 1.82) is 0 Å². The number of hydrogen-bond acceptors (Lipinski definition) is 7. The second kappa shape index (κ2) is 9.98. The first-order valence-electron chi connectivity index (χ1n) is 11.7. The molecule has 1 fully saturated rings. The quantitative estimate of drug-likeness (QED) is 0.514. The van der Waals surface area contributed by atoms with E-state index in [0.717, 1.165) is 12.8 Å². The van der Waals surface area contributed by atoms with Crippen molar-refractivity contribution < 1.29 is 27.9 Å². The van der Waals surface area contributed by atoms with Gasteiger partial charge in [-0.05, 0) is 55.7 Å². The van der Waals surface area contributed by atoms with Gasteiger partial charge < -0.3 is 24.1 Å². The monoisotopic (exact) mass is 494 g/mol. The first kappa shape index (κ1) is 23.8. The van der Waals surface area contributed by atoms with Crippen LogP contribution in [0, 0.1) is 5.82 Å². The Bertz CT molecular complexity index is 1280. The van der Waals surface area contributed by atoms with Gasteiger partial charge in [-0.1, -0.05) is 17.3 Å². The molecule has 0 saturated carbocycles. The summed E-state index contributed by atoms with van der Waals surface area (Å²) in [6, 6.07) is 10.5. The summed E-state index contributed by atoms with van der Waals surface area (Å²) < 4.78 is 35.8. The second-order valence-electron chi connectivity index (χ2n) is 8.67. The van der Waals surface area contributed by atoms with Gasteiger partial charge in [0, 0.05) is 17.9 Å². The number of aromatic nitrogens is 2. The molecule has 2 amide bonds. The predicted octanol–water partition coefficient (Wildman–Crippen LogP) is 4.57. The van der Waals surface area contributed by atoms with Gasteiger partial charge in [-0.25, -0.2) is 9.18 Å². The number of ether oxygens (including phenoxy) is 3. The van der Waals surface area contributed by atoms with E-state index >= 15 is 0 Å². The molecule has 1 N–H and O–H groups in total. The van der Waals surface area contributed by atoms with Crippen molar-refractivity contribution in [3.05, 3.63) is 65.4 Å². The van der Waals surface area contributed by atoms with Crippen LogP contribution < -0.4 is 14.8 Å². The molecule has 1 aromatic heterocycles. The summed E-state index contributed by atoms with van der Waals surface area (Å²) in [7, 11) is 3.12. The Labute approximate surface area is 207 Å². The summed E-state index contributed by atoms with van der Waals surface area (Å²) in [4.78, 5) is 19.4. The Morgan fingerprint density at radius 1 is 1.14 bits per heavy atom. The third-order valence-corrected chi connectivity index (χ3v) is 6.51. The maximum absolute atomic E-state index is 13.6. The highest BCUT2D eigenvalue weighted by Crippen LogP contribution is 2.38. The minimum absolute atomic E-state index is 0.0423. The fraction of sp³-hybridized carbons (Fsp3) is 0.346. The van der Waals surface area contributed by atoms with E-state index in [1.807, 2.05) is 6.92 Å². The molecule has 188 valence electrons. The largest absolute Gasteiger partial charge is 0.493 e. The van der Waals surface area contributed by atoms with Crippen molar-refractivity contribution in [1.82, 2.24) is 20.4 Å². The van der Waals surface area contributed by atoms with Crippen molar-refractivity contribution in [2.45, 2.75) is 31.9 Å². The fourth-order valence-corrected chi connectivity index (χ4v) is 4.60. The third-order valence-electron chi connectivity index (χ3n) is 6.51. The molecule has 9 nitrogen and oxygen atoms in total. The van der Waals surface area contributed by atoms with Crippen molar-refractivity contribution in [2.75, 3.05) is 27.4 Å². The van der Waals surface area contributed by atoms with Gasteiger partial charge in [-0.3, -0.25) is 4.90 Å². The Morgan fingerprint density at radius 3 is 2.61 bits per heavy atom. The number of nitrogens with one attached hydrogen (secondary N) is 1. The van der Waals surface area contributed by atoms with Crippen LogP contribution in [0.2, 0.25) is 0 Å². The van der Waals surface area contributed by atoms with Crippen LogP contribution in [0.5, 0.6) is 11.5 Å². The highest BCUT2D eigenvalue weighted by Gasteiger charge is 2.37. The van der Waals surface area contributed by atoms with Crippen LogP contribution >= 0.6 is 0 Å². The van der Waals surface area contributed by atoms with Gasteiger partial charge in [0.2, 0.25) is 5.82 Å². The number of nitrogens with zero attached hydrogens (tertiary/aromatic N) is 3. The molecule has 1 saturated heterocycles. The normalized spacial score (nSPS) is 20.0. The third kappa shape index (κ3) is 4.51. The average molecular weight is 495 g/mol. The number of carbonyl (C=O) groups excluding carboxylic acids is 1. The molecule has 10 heteroatoms. The molecule has 3 heterocycles. The van der Waals surface area contributed by atoms with E-state index in [9.17, 15) is 9.18 Å². The summed E-state index contributed by atoms with van der Waals surface area (Å²) in [6.07, 6.45) is 1.81. The second-order valence-corrected chi connectivity index (χ2v) is 8.67. The summed E-state index contributed by atoms with van der Waals surface area (Å²) in [5.74, 6) is 1.36. The van der Waals surface area contributed by atoms with Crippen LogP contribution in [0.15, 0.2) is 52.7 Å². The van der Waals surface area contributed by atoms with Crippen LogP contribution in [0.4, 0.5) is 9.18 Å². The smallest absolute Gasteiger partial charge is 0.322 e. The Balaban J connectivity index is 1.56.